The van der Waals surface area contributed by atoms with Crippen molar-refractivity contribution < 1.29 is 57.1 Å². The first-order valence-corrected chi connectivity index (χ1v) is 20.6. The van der Waals surface area contributed by atoms with Crippen molar-refractivity contribution in [2.24, 2.45) is 0 Å². The summed E-state index contributed by atoms with van der Waals surface area (Å²) in [5, 5.41) is 0. The molecular weight excluding hydrogens is 696 g/mol. The number of unbranched alkanes of at least 4 members (excludes halogenated alkanes) is 13. The molecule has 1 fully saturated rings. The predicted octanol–water partition coefficient (Wildman–Crippen LogP) is 8.84. The van der Waals surface area contributed by atoms with Crippen LogP contribution in [0.4, 0.5) is 0 Å². The summed E-state index contributed by atoms with van der Waals surface area (Å²) in [7, 11) is 1.30. The van der Waals surface area contributed by atoms with Crippen LogP contribution in [0.15, 0.2) is 18.2 Å². The molecule has 0 aromatic heterocycles. The third-order valence-corrected chi connectivity index (χ3v) is 9.06. The fraction of sp³-hybridized carbons (Fsp3) is 0.762. The number of carbonyl (C=O) groups excluding carboxylic acids is 4. The van der Waals surface area contributed by atoms with Crippen LogP contribution in [0.25, 0.3) is 0 Å². The van der Waals surface area contributed by atoms with Crippen molar-refractivity contribution in [3.05, 3.63) is 23.8 Å². The standard InChI is InChI=1S/C42H68O12/c1-3-38(43)50-29-17-10-6-4-8-15-27-48-35-23-24-37(49-28-16-9-5-7-11-18-30-51-40(45)26-25-39(44)47-2)36(34-35)42(46)54-33-20-13-12-19-31-52-41-22-14-21-32-53-41/h23-24,34,41H,3-22,25-33H2,1-2H3. The molecule has 1 unspecified atom stereocenters. The van der Waals surface area contributed by atoms with Crippen LogP contribution in [-0.2, 0) is 42.8 Å². The molecule has 0 amide bonds. The molecule has 0 radical (unpaired) electrons. The van der Waals surface area contributed by atoms with Crippen LogP contribution < -0.4 is 9.47 Å². The quantitative estimate of drug-likeness (QED) is 0.0383. The van der Waals surface area contributed by atoms with E-state index in [1.165, 1.54) is 7.11 Å². The van der Waals surface area contributed by atoms with Crippen molar-refractivity contribution in [2.75, 3.05) is 53.4 Å². The molecule has 308 valence electrons. The van der Waals surface area contributed by atoms with Gasteiger partial charge in [-0.1, -0.05) is 64.7 Å². The van der Waals surface area contributed by atoms with Gasteiger partial charge in [-0.05, 0) is 82.4 Å². The van der Waals surface area contributed by atoms with Gasteiger partial charge in [0.25, 0.3) is 0 Å². The van der Waals surface area contributed by atoms with Crippen molar-refractivity contribution in [1.29, 1.82) is 0 Å². The van der Waals surface area contributed by atoms with E-state index in [0.717, 1.165) is 129 Å². The molecule has 1 heterocycles. The maximum atomic E-state index is 13.2. The highest BCUT2D eigenvalue weighted by Crippen LogP contribution is 2.26. The van der Waals surface area contributed by atoms with E-state index >= 15 is 0 Å². The second-order valence-electron chi connectivity index (χ2n) is 13.7. The summed E-state index contributed by atoms with van der Waals surface area (Å²) in [4.78, 5) is 47.2. The van der Waals surface area contributed by atoms with Gasteiger partial charge in [-0.2, -0.15) is 0 Å². The summed E-state index contributed by atoms with van der Waals surface area (Å²) in [5.41, 5.74) is 0.373. The van der Waals surface area contributed by atoms with Crippen molar-refractivity contribution in [3.63, 3.8) is 0 Å². The molecule has 0 saturated carbocycles. The lowest BCUT2D eigenvalue weighted by atomic mass is 10.1. The van der Waals surface area contributed by atoms with E-state index in [1.807, 2.05) is 6.07 Å². The molecule has 12 heteroatoms. The van der Waals surface area contributed by atoms with Crippen LogP contribution in [0.3, 0.4) is 0 Å². The number of methoxy groups -OCH3 is 1. The van der Waals surface area contributed by atoms with Gasteiger partial charge in [0, 0.05) is 19.6 Å². The molecule has 1 aliphatic rings. The van der Waals surface area contributed by atoms with Gasteiger partial charge in [-0.3, -0.25) is 14.4 Å². The van der Waals surface area contributed by atoms with Crippen LogP contribution in [0.1, 0.15) is 159 Å². The number of ether oxygens (including phenoxy) is 8. The minimum Gasteiger partial charge on any atom is -0.494 e. The topological polar surface area (TPSA) is 142 Å². The van der Waals surface area contributed by atoms with Crippen molar-refractivity contribution >= 4 is 23.9 Å². The summed E-state index contributed by atoms with van der Waals surface area (Å²) in [5.74, 6) is -0.247. The molecule has 0 aliphatic carbocycles. The van der Waals surface area contributed by atoms with E-state index in [1.54, 1.807) is 19.1 Å². The Hall–Kier alpha value is -3.38. The van der Waals surface area contributed by atoms with Gasteiger partial charge >= 0.3 is 23.9 Å². The van der Waals surface area contributed by atoms with Gasteiger partial charge in [0.05, 0.1) is 53.0 Å². The zero-order chi connectivity index (χ0) is 38.9. The molecule has 2 rings (SSSR count). The van der Waals surface area contributed by atoms with Gasteiger partial charge in [-0.15, -0.1) is 0 Å². The van der Waals surface area contributed by atoms with Crippen molar-refractivity contribution in [3.8, 4) is 11.5 Å². The van der Waals surface area contributed by atoms with Gasteiger partial charge < -0.3 is 37.9 Å². The first-order valence-electron chi connectivity index (χ1n) is 20.6. The zero-order valence-corrected chi connectivity index (χ0v) is 33.2. The van der Waals surface area contributed by atoms with Crippen LogP contribution >= 0.6 is 0 Å². The maximum absolute atomic E-state index is 13.2. The molecule has 0 N–H and O–H groups in total. The Balaban J connectivity index is 1.69. The van der Waals surface area contributed by atoms with E-state index in [9.17, 15) is 19.2 Å². The van der Waals surface area contributed by atoms with Gasteiger partial charge in [-0.25, -0.2) is 4.79 Å². The lowest BCUT2D eigenvalue weighted by Gasteiger charge is -2.22. The number of carbonyl (C=O) groups is 4. The first-order chi connectivity index (χ1) is 26.4. The largest absolute Gasteiger partial charge is 0.494 e. The highest BCUT2D eigenvalue weighted by Gasteiger charge is 2.17. The Labute approximate surface area is 323 Å². The second-order valence-corrected chi connectivity index (χ2v) is 13.7. The van der Waals surface area contributed by atoms with Crippen LogP contribution in [0.5, 0.6) is 11.5 Å². The molecule has 1 aromatic rings. The third kappa shape index (κ3) is 24.1. The van der Waals surface area contributed by atoms with Gasteiger partial charge in [0.15, 0.2) is 6.29 Å². The van der Waals surface area contributed by atoms with E-state index in [-0.39, 0.29) is 31.1 Å². The molecule has 12 nitrogen and oxygen atoms in total. The maximum Gasteiger partial charge on any atom is 0.342 e. The average Bonchev–Trinajstić information content (AvgIpc) is 3.19. The Morgan fingerprint density at radius 1 is 0.611 bits per heavy atom. The van der Waals surface area contributed by atoms with E-state index in [2.05, 4.69) is 4.74 Å². The molecule has 0 bridgehead atoms. The first kappa shape index (κ1) is 46.8. The second kappa shape index (κ2) is 31.9. The normalized spacial score (nSPS) is 13.9. The fourth-order valence-electron chi connectivity index (χ4n) is 5.79. The lowest BCUT2D eigenvalue weighted by Crippen LogP contribution is -2.22. The number of rotatable bonds is 33. The lowest BCUT2D eigenvalue weighted by molar-refractivity contribution is -0.162. The highest BCUT2D eigenvalue weighted by atomic mass is 16.7. The van der Waals surface area contributed by atoms with Crippen molar-refractivity contribution in [1.82, 2.24) is 0 Å². The van der Waals surface area contributed by atoms with Crippen molar-refractivity contribution in [2.45, 2.75) is 154 Å². The van der Waals surface area contributed by atoms with Crippen LogP contribution in [-0.4, -0.2) is 83.5 Å². The smallest absolute Gasteiger partial charge is 0.342 e. The Bertz CT molecular complexity index is 1150. The van der Waals surface area contributed by atoms with Crippen LogP contribution in [0.2, 0.25) is 0 Å². The Morgan fingerprint density at radius 2 is 1.15 bits per heavy atom. The van der Waals surface area contributed by atoms with E-state index < -0.39 is 11.9 Å². The van der Waals surface area contributed by atoms with Crippen LogP contribution in [0, 0.1) is 0 Å². The van der Waals surface area contributed by atoms with E-state index in [0.29, 0.717) is 63.1 Å². The summed E-state index contributed by atoms with van der Waals surface area (Å²) in [6.45, 7) is 5.49. The number of hydrogen-bond donors (Lipinski definition) is 0. The molecule has 1 aliphatic heterocycles. The summed E-state index contributed by atoms with van der Waals surface area (Å²) in [6, 6.07) is 5.36. The van der Waals surface area contributed by atoms with Gasteiger partial charge in [0.2, 0.25) is 0 Å². The average molecular weight is 765 g/mol. The highest BCUT2D eigenvalue weighted by molar-refractivity contribution is 5.93. The molecule has 1 aromatic carbocycles. The minimum absolute atomic E-state index is 0.0374. The molecule has 54 heavy (non-hydrogen) atoms. The molecule has 0 spiro atoms. The van der Waals surface area contributed by atoms with Gasteiger partial charge in [0.1, 0.15) is 17.1 Å². The molecule has 1 saturated heterocycles. The Morgan fingerprint density at radius 3 is 1.74 bits per heavy atom. The minimum atomic E-state index is -0.419. The SMILES string of the molecule is CCC(=O)OCCCCCCCCOc1ccc(OCCCCCCCCOC(=O)CCC(=O)OC)c(C(=O)OCCCCCCOC2CCCCO2)c1. The Kier molecular flexibility index (Phi) is 27.6. The number of esters is 4. The number of benzene rings is 1. The van der Waals surface area contributed by atoms with E-state index in [4.69, 9.17) is 33.2 Å². The molecule has 1 atom stereocenters. The summed E-state index contributed by atoms with van der Waals surface area (Å²) < 4.78 is 44.0. The number of hydrogen-bond acceptors (Lipinski definition) is 12. The fourth-order valence-corrected chi connectivity index (χ4v) is 5.79. The summed E-state index contributed by atoms with van der Waals surface area (Å²) >= 11 is 0. The predicted molar refractivity (Wildman–Crippen MR) is 205 cm³/mol. The zero-order valence-electron chi connectivity index (χ0n) is 33.2. The monoisotopic (exact) mass is 764 g/mol. The third-order valence-electron chi connectivity index (χ3n) is 9.06. The molecular formula is C42H68O12. The summed E-state index contributed by atoms with van der Waals surface area (Å²) in [6.07, 6.45) is 19.0.